The summed E-state index contributed by atoms with van der Waals surface area (Å²) in [6.45, 7) is 2.28. The number of carbonyl (C=O) groups is 1. The van der Waals surface area contributed by atoms with Crippen molar-refractivity contribution in [2.45, 2.75) is 18.5 Å². The summed E-state index contributed by atoms with van der Waals surface area (Å²) >= 11 is 0. The van der Waals surface area contributed by atoms with E-state index in [0.29, 0.717) is 13.0 Å². The zero-order valence-corrected chi connectivity index (χ0v) is 9.24. The maximum absolute atomic E-state index is 10.9. The minimum absolute atomic E-state index is 0.560. The molecule has 86 valence electrons. The molecule has 1 aromatic rings. The second kappa shape index (κ2) is 4.23. The first-order valence-corrected chi connectivity index (χ1v) is 5.54. The molecule has 1 saturated heterocycles. The molecule has 4 N–H and O–H groups in total. The molecule has 0 radical (unpaired) electrons. The van der Waals surface area contributed by atoms with E-state index in [0.717, 1.165) is 13.1 Å². The topological polar surface area (TPSA) is 72.2 Å². The normalized spacial score (nSPS) is 29.2. The Labute approximate surface area is 94.7 Å². The second-order valence-electron chi connectivity index (χ2n) is 4.66. The van der Waals surface area contributed by atoms with Gasteiger partial charge in [-0.2, -0.15) is 0 Å². The molecule has 2 rings (SSSR count). The van der Waals surface area contributed by atoms with Crippen molar-refractivity contribution < 1.29 is 20.5 Å². The van der Waals surface area contributed by atoms with Gasteiger partial charge in [-0.05, 0) is 0 Å². The van der Waals surface area contributed by atoms with Crippen LogP contribution in [0.15, 0.2) is 30.3 Å². The maximum Gasteiger partial charge on any atom is 0.189 e. The Morgan fingerprint density at radius 3 is 2.69 bits per heavy atom. The van der Waals surface area contributed by atoms with E-state index in [4.69, 9.17) is 0 Å². The second-order valence-corrected chi connectivity index (χ2v) is 4.66. The summed E-state index contributed by atoms with van der Waals surface area (Å²) in [6.07, 6.45) is 0.609. The Balaban J connectivity index is 1.98. The lowest BCUT2D eigenvalue weighted by atomic mass is 10.0. The first-order chi connectivity index (χ1) is 7.60. The van der Waals surface area contributed by atoms with Crippen LogP contribution in [-0.4, -0.2) is 24.6 Å². The largest absolute Gasteiger partial charge is 0.544 e. The van der Waals surface area contributed by atoms with Crippen LogP contribution >= 0.6 is 0 Å². The summed E-state index contributed by atoms with van der Waals surface area (Å²) in [7, 11) is 0. The van der Waals surface area contributed by atoms with Gasteiger partial charge < -0.3 is 20.5 Å². The van der Waals surface area contributed by atoms with Gasteiger partial charge in [0.2, 0.25) is 0 Å². The van der Waals surface area contributed by atoms with Crippen molar-refractivity contribution >= 4 is 5.97 Å². The van der Waals surface area contributed by atoms with Crippen molar-refractivity contribution in [2.75, 3.05) is 13.1 Å². The monoisotopic (exact) mass is 221 g/mol. The summed E-state index contributed by atoms with van der Waals surface area (Å²) in [5.41, 5.74) is 4.13. The number of quaternary nitrogens is 2. The molecule has 1 unspecified atom stereocenters. The predicted octanol–water partition coefficient (Wildman–Crippen LogP) is -2.79. The molecule has 2 atom stereocenters. The van der Waals surface area contributed by atoms with Crippen LogP contribution in [0.5, 0.6) is 0 Å². The third kappa shape index (κ3) is 2.23. The molecular formula is C12H17N2O2+. The van der Waals surface area contributed by atoms with E-state index in [1.54, 1.807) is 0 Å². The van der Waals surface area contributed by atoms with E-state index in [2.05, 4.69) is 17.9 Å². The van der Waals surface area contributed by atoms with Crippen LogP contribution in [-0.2, 0) is 11.3 Å². The molecule has 0 aromatic heterocycles. The Morgan fingerprint density at radius 1 is 1.44 bits per heavy atom. The van der Waals surface area contributed by atoms with Crippen molar-refractivity contribution in [3.05, 3.63) is 35.9 Å². The van der Waals surface area contributed by atoms with Gasteiger partial charge in [0.25, 0.3) is 0 Å². The number of aliphatic carboxylic acids is 1. The Morgan fingerprint density at radius 2 is 2.12 bits per heavy atom. The van der Waals surface area contributed by atoms with Gasteiger partial charge in [-0.3, -0.25) is 0 Å². The van der Waals surface area contributed by atoms with Crippen LogP contribution in [0.3, 0.4) is 0 Å². The summed E-state index contributed by atoms with van der Waals surface area (Å²) in [4.78, 5) is 12.2. The molecule has 1 aliphatic heterocycles. The van der Waals surface area contributed by atoms with Gasteiger partial charge in [0.1, 0.15) is 19.1 Å². The number of carbonyl (C=O) groups excluding carboxylic acids is 1. The fraction of sp³-hybridized carbons (Fsp3) is 0.417. The van der Waals surface area contributed by atoms with Crippen molar-refractivity contribution in [3.8, 4) is 0 Å². The summed E-state index contributed by atoms with van der Waals surface area (Å²) in [5.74, 6) is -1.02. The molecule has 4 heteroatoms. The fourth-order valence-corrected chi connectivity index (χ4v) is 2.28. The standard InChI is InChI=1S/C12H16N2O2/c13-12(11(15)16)6-7-14(9-12)8-10-4-2-1-3-5-10/h1-5H,6-9,13H2,(H,15,16)/p+1/t12-/m1/s1. The average molecular weight is 221 g/mol. The number of likely N-dealkylation sites (tertiary alicyclic amines) is 1. The number of rotatable bonds is 3. The molecule has 1 aliphatic rings. The third-order valence-electron chi connectivity index (χ3n) is 3.28. The van der Waals surface area contributed by atoms with Crippen LogP contribution in [0.25, 0.3) is 0 Å². The number of hydrogen-bond acceptors (Lipinski definition) is 2. The van der Waals surface area contributed by atoms with Crippen molar-refractivity contribution in [1.29, 1.82) is 0 Å². The fourth-order valence-electron chi connectivity index (χ4n) is 2.28. The van der Waals surface area contributed by atoms with Crippen molar-refractivity contribution in [3.63, 3.8) is 0 Å². The van der Waals surface area contributed by atoms with Gasteiger partial charge in [0.15, 0.2) is 5.54 Å². The maximum atomic E-state index is 10.9. The van der Waals surface area contributed by atoms with Crippen LogP contribution < -0.4 is 15.7 Å². The van der Waals surface area contributed by atoms with E-state index in [1.807, 2.05) is 18.2 Å². The molecule has 0 amide bonds. The lowest BCUT2D eigenvalue weighted by molar-refractivity contribution is -0.907. The summed E-state index contributed by atoms with van der Waals surface area (Å²) < 4.78 is 0. The molecule has 1 fully saturated rings. The van der Waals surface area contributed by atoms with Crippen LogP contribution in [0.1, 0.15) is 12.0 Å². The molecule has 0 aliphatic carbocycles. The number of benzene rings is 1. The minimum atomic E-state index is -1.02. The van der Waals surface area contributed by atoms with Gasteiger partial charge in [0, 0.05) is 5.56 Å². The predicted molar refractivity (Wildman–Crippen MR) is 56.1 cm³/mol. The highest BCUT2D eigenvalue weighted by atomic mass is 16.4. The van der Waals surface area contributed by atoms with Gasteiger partial charge in [-0.1, -0.05) is 30.3 Å². The number of carboxylic acids is 1. The molecule has 0 spiro atoms. The molecule has 1 aromatic carbocycles. The SMILES string of the molecule is [NH3+][C@]1(C(=O)[O-])CC[NH+](Cc2ccccc2)C1. The van der Waals surface area contributed by atoms with E-state index < -0.39 is 11.5 Å². The van der Waals surface area contributed by atoms with Gasteiger partial charge in [-0.15, -0.1) is 0 Å². The van der Waals surface area contributed by atoms with E-state index in [-0.39, 0.29) is 0 Å². The number of carboxylic acid groups (broad SMARTS) is 1. The highest BCUT2D eigenvalue weighted by molar-refractivity contribution is 5.74. The Bertz CT molecular complexity index is 380. The van der Waals surface area contributed by atoms with Crippen LogP contribution in [0, 0.1) is 0 Å². The van der Waals surface area contributed by atoms with E-state index >= 15 is 0 Å². The van der Waals surface area contributed by atoms with E-state index in [1.165, 1.54) is 10.5 Å². The number of hydrogen-bond donors (Lipinski definition) is 2. The van der Waals surface area contributed by atoms with Gasteiger partial charge in [-0.25, -0.2) is 0 Å². The molecule has 0 bridgehead atoms. The van der Waals surface area contributed by atoms with Crippen molar-refractivity contribution in [1.82, 2.24) is 0 Å². The van der Waals surface area contributed by atoms with Crippen LogP contribution in [0.2, 0.25) is 0 Å². The lowest BCUT2D eigenvalue weighted by Gasteiger charge is -2.19. The lowest BCUT2D eigenvalue weighted by Crippen LogP contribution is -3.11. The first-order valence-electron chi connectivity index (χ1n) is 5.54. The molecular weight excluding hydrogens is 204 g/mol. The van der Waals surface area contributed by atoms with Crippen LogP contribution in [0.4, 0.5) is 0 Å². The first kappa shape index (κ1) is 11.1. The zero-order valence-electron chi connectivity index (χ0n) is 9.24. The molecule has 1 heterocycles. The Hall–Kier alpha value is -1.39. The quantitative estimate of drug-likeness (QED) is 0.579. The summed E-state index contributed by atoms with van der Waals surface area (Å²) in [5, 5.41) is 10.9. The highest BCUT2D eigenvalue weighted by Crippen LogP contribution is 2.05. The minimum Gasteiger partial charge on any atom is -0.544 e. The summed E-state index contributed by atoms with van der Waals surface area (Å²) in [6, 6.07) is 10.1. The zero-order chi connectivity index (χ0) is 11.6. The number of nitrogens with one attached hydrogen (secondary N) is 1. The van der Waals surface area contributed by atoms with Gasteiger partial charge >= 0.3 is 0 Å². The van der Waals surface area contributed by atoms with Crippen molar-refractivity contribution in [2.24, 2.45) is 0 Å². The highest BCUT2D eigenvalue weighted by Gasteiger charge is 2.43. The third-order valence-corrected chi connectivity index (χ3v) is 3.28. The smallest absolute Gasteiger partial charge is 0.189 e. The van der Waals surface area contributed by atoms with Gasteiger partial charge in [0.05, 0.1) is 13.0 Å². The van der Waals surface area contributed by atoms with E-state index in [9.17, 15) is 9.90 Å². The Kier molecular flexibility index (Phi) is 2.94. The average Bonchev–Trinajstić information content (AvgIpc) is 2.63. The molecule has 4 nitrogen and oxygen atoms in total. The molecule has 0 saturated carbocycles. The molecule has 16 heavy (non-hydrogen) atoms.